The Morgan fingerprint density at radius 1 is 1.16 bits per heavy atom. The summed E-state index contributed by atoms with van der Waals surface area (Å²) in [5.41, 5.74) is 1.26. The summed E-state index contributed by atoms with van der Waals surface area (Å²) in [4.78, 5) is 4.78. The van der Waals surface area contributed by atoms with Gasteiger partial charge in [0, 0.05) is 31.4 Å². The third-order valence-electron chi connectivity index (χ3n) is 4.18. The Kier molecular flexibility index (Phi) is 3.39. The van der Waals surface area contributed by atoms with E-state index in [0.29, 0.717) is 11.6 Å². The third-order valence-corrected chi connectivity index (χ3v) is 4.18. The van der Waals surface area contributed by atoms with Gasteiger partial charge < -0.3 is 4.90 Å². The van der Waals surface area contributed by atoms with Gasteiger partial charge in [-0.1, -0.05) is 0 Å². The summed E-state index contributed by atoms with van der Waals surface area (Å²) in [6.45, 7) is 4.24. The molecular weight excluding hydrogens is 241 g/mol. The van der Waals surface area contributed by atoms with E-state index in [1.165, 1.54) is 25.5 Å². The summed E-state index contributed by atoms with van der Waals surface area (Å²) < 4.78 is 13.6. The van der Waals surface area contributed by atoms with Crippen LogP contribution in [0.15, 0.2) is 18.2 Å². The van der Waals surface area contributed by atoms with Gasteiger partial charge in [0.15, 0.2) is 0 Å². The Bertz CT molecular complexity index is 509. The van der Waals surface area contributed by atoms with Crippen molar-refractivity contribution in [3.05, 3.63) is 29.6 Å². The second-order valence-corrected chi connectivity index (χ2v) is 5.44. The van der Waals surface area contributed by atoms with Crippen LogP contribution in [0.25, 0.3) is 0 Å². The van der Waals surface area contributed by atoms with E-state index in [1.807, 2.05) is 6.07 Å². The highest BCUT2D eigenvalue weighted by atomic mass is 19.1. The van der Waals surface area contributed by atoms with Crippen molar-refractivity contribution in [2.24, 2.45) is 0 Å². The second-order valence-electron chi connectivity index (χ2n) is 5.44. The van der Waals surface area contributed by atoms with Crippen molar-refractivity contribution in [1.29, 1.82) is 5.26 Å². The number of hydrogen-bond acceptors (Lipinski definition) is 3. The molecule has 0 radical (unpaired) electrons. The van der Waals surface area contributed by atoms with Crippen LogP contribution in [0.2, 0.25) is 0 Å². The van der Waals surface area contributed by atoms with Gasteiger partial charge in [0.2, 0.25) is 0 Å². The molecule has 1 aromatic carbocycles. The highest BCUT2D eigenvalue weighted by Crippen LogP contribution is 2.26. The van der Waals surface area contributed by atoms with E-state index >= 15 is 0 Å². The number of rotatable bonds is 1. The Labute approximate surface area is 113 Å². The smallest absolute Gasteiger partial charge is 0.126 e. The lowest BCUT2D eigenvalue weighted by molar-refractivity contribution is 0.273. The first-order valence-electron chi connectivity index (χ1n) is 6.96. The standard InChI is InChI=1S/C15H18FN3/c16-13-7-12(10-17)8-15(9-13)19-6-2-5-18-4-1-3-14(18)11-19/h7-9,14H,1-6,11H2. The summed E-state index contributed by atoms with van der Waals surface area (Å²) in [5, 5.41) is 8.95. The number of benzene rings is 1. The Morgan fingerprint density at radius 3 is 2.84 bits per heavy atom. The zero-order valence-corrected chi connectivity index (χ0v) is 11.0. The molecule has 2 fully saturated rings. The molecule has 2 saturated heterocycles. The molecule has 1 unspecified atom stereocenters. The molecule has 0 bridgehead atoms. The number of nitrogens with zero attached hydrogens (tertiary/aromatic N) is 3. The van der Waals surface area contributed by atoms with Crippen LogP contribution in [-0.4, -0.2) is 37.1 Å². The normalized spacial score (nSPS) is 23.8. The van der Waals surface area contributed by atoms with Gasteiger partial charge >= 0.3 is 0 Å². The quantitative estimate of drug-likeness (QED) is 0.775. The van der Waals surface area contributed by atoms with Crippen molar-refractivity contribution in [1.82, 2.24) is 4.90 Å². The fourth-order valence-corrected chi connectivity index (χ4v) is 3.26. The van der Waals surface area contributed by atoms with Crippen molar-refractivity contribution >= 4 is 5.69 Å². The fraction of sp³-hybridized carbons (Fsp3) is 0.533. The molecule has 2 aliphatic heterocycles. The molecule has 19 heavy (non-hydrogen) atoms. The first-order chi connectivity index (χ1) is 9.26. The van der Waals surface area contributed by atoms with Gasteiger partial charge in [0.25, 0.3) is 0 Å². The molecule has 0 spiro atoms. The van der Waals surface area contributed by atoms with Crippen molar-refractivity contribution in [3.8, 4) is 6.07 Å². The lowest BCUT2D eigenvalue weighted by Crippen LogP contribution is -2.36. The van der Waals surface area contributed by atoms with E-state index in [-0.39, 0.29) is 5.82 Å². The zero-order chi connectivity index (χ0) is 13.2. The SMILES string of the molecule is N#Cc1cc(F)cc(N2CCCN3CCCC3C2)c1. The largest absolute Gasteiger partial charge is 0.370 e. The first kappa shape index (κ1) is 12.4. The van der Waals surface area contributed by atoms with Gasteiger partial charge in [0.05, 0.1) is 11.6 Å². The van der Waals surface area contributed by atoms with Crippen molar-refractivity contribution < 1.29 is 4.39 Å². The van der Waals surface area contributed by atoms with Crippen molar-refractivity contribution in [3.63, 3.8) is 0 Å². The molecule has 1 atom stereocenters. The van der Waals surface area contributed by atoms with Crippen LogP contribution in [0.4, 0.5) is 10.1 Å². The molecule has 0 saturated carbocycles. The predicted octanol–water partition coefficient (Wildman–Crippen LogP) is 2.37. The topological polar surface area (TPSA) is 30.3 Å². The van der Waals surface area contributed by atoms with Crippen molar-refractivity contribution in [2.45, 2.75) is 25.3 Å². The van der Waals surface area contributed by atoms with Crippen LogP contribution in [0.3, 0.4) is 0 Å². The lowest BCUT2D eigenvalue weighted by Gasteiger charge is -2.27. The average Bonchev–Trinajstić information content (AvgIpc) is 2.75. The molecule has 0 aromatic heterocycles. The summed E-state index contributed by atoms with van der Waals surface area (Å²) in [6, 6.07) is 7.27. The van der Waals surface area contributed by atoms with Gasteiger partial charge in [-0.25, -0.2) is 4.39 Å². The van der Waals surface area contributed by atoms with E-state index in [4.69, 9.17) is 5.26 Å². The van der Waals surface area contributed by atoms with E-state index in [9.17, 15) is 4.39 Å². The Hall–Kier alpha value is -1.60. The summed E-state index contributed by atoms with van der Waals surface area (Å²) in [5.74, 6) is -0.318. The molecule has 2 aliphatic rings. The predicted molar refractivity (Wildman–Crippen MR) is 72.5 cm³/mol. The maximum atomic E-state index is 13.6. The third kappa shape index (κ3) is 2.57. The second kappa shape index (κ2) is 5.18. The minimum Gasteiger partial charge on any atom is -0.370 e. The molecule has 3 nitrogen and oxygen atoms in total. The molecule has 0 amide bonds. The molecule has 1 aromatic rings. The van der Waals surface area contributed by atoms with Gasteiger partial charge in [-0.3, -0.25) is 4.90 Å². The van der Waals surface area contributed by atoms with Crippen LogP contribution < -0.4 is 4.90 Å². The van der Waals surface area contributed by atoms with Gasteiger partial charge in [-0.05, 0) is 44.0 Å². The summed E-state index contributed by atoms with van der Waals surface area (Å²) in [6.07, 6.45) is 3.61. The van der Waals surface area contributed by atoms with Crippen LogP contribution in [0.5, 0.6) is 0 Å². The summed E-state index contributed by atoms with van der Waals surface area (Å²) >= 11 is 0. The fourth-order valence-electron chi connectivity index (χ4n) is 3.26. The Morgan fingerprint density at radius 2 is 2.00 bits per heavy atom. The first-order valence-corrected chi connectivity index (χ1v) is 6.96. The molecule has 100 valence electrons. The van der Waals surface area contributed by atoms with E-state index < -0.39 is 0 Å². The maximum absolute atomic E-state index is 13.6. The maximum Gasteiger partial charge on any atom is 0.126 e. The molecular formula is C15H18FN3. The number of fused-ring (bicyclic) bond motifs is 1. The van der Waals surface area contributed by atoms with Crippen LogP contribution >= 0.6 is 0 Å². The van der Waals surface area contributed by atoms with Gasteiger partial charge in [-0.15, -0.1) is 0 Å². The number of anilines is 1. The summed E-state index contributed by atoms with van der Waals surface area (Å²) in [7, 11) is 0. The number of nitriles is 1. The minimum atomic E-state index is -0.318. The van der Waals surface area contributed by atoms with E-state index in [1.54, 1.807) is 12.1 Å². The minimum absolute atomic E-state index is 0.318. The van der Waals surface area contributed by atoms with Crippen molar-refractivity contribution in [2.75, 3.05) is 31.1 Å². The molecule has 3 rings (SSSR count). The monoisotopic (exact) mass is 259 g/mol. The highest BCUT2D eigenvalue weighted by molar-refractivity contribution is 5.52. The Balaban J connectivity index is 1.85. The van der Waals surface area contributed by atoms with Crippen LogP contribution in [0.1, 0.15) is 24.8 Å². The van der Waals surface area contributed by atoms with Gasteiger partial charge in [-0.2, -0.15) is 5.26 Å². The van der Waals surface area contributed by atoms with Crippen LogP contribution in [-0.2, 0) is 0 Å². The highest BCUT2D eigenvalue weighted by Gasteiger charge is 2.28. The number of halogens is 1. The van der Waals surface area contributed by atoms with E-state index in [2.05, 4.69) is 9.80 Å². The molecule has 0 aliphatic carbocycles. The molecule has 2 heterocycles. The molecule has 4 heteroatoms. The lowest BCUT2D eigenvalue weighted by atomic mass is 10.1. The van der Waals surface area contributed by atoms with E-state index in [0.717, 1.165) is 31.7 Å². The average molecular weight is 259 g/mol. The van der Waals surface area contributed by atoms with Crippen LogP contribution in [0, 0.1) is 17.1 Å². The number of hydrogen-bond donors (Lipinski definition) is 0. The molecule has 0 N–H and O–H groups in total. The van der Waals surface area contributed by atoms with Gasteiger partial charge in [0.1, 0.15) is 5.82 Å². The zero-order valence-electron chi connectivity index (χ0n) is 11.0.